The van der Waals surface area contributed by atoms with Crippen LogP contribution in [0.5, 0.6) is 0 Å². The van der Waals surface area contributed by atoms with Gasteiger partial charge in [0.15, 0.2) is 0 Å². The number of carbonyl (C=O) groups excluding carboxylic acids is 1. The number of nitrogens with one attached hydrogen (secondary N) is 1. The Bertz CT molecular complexity index is 783. The molecule has 0 unspecified atom stereocenters. The first kappa shape index (κ1) is 19.2. The van der Waals surface area contributed by atoms with Gasteiger partial charge < -0.3 is 9.80 Å². The standard InChI is InChI=1S/C23H32N4O/c1-18(2)21-6-4-19(5-7-21)16-27-11-3-9-23(22(27)28)10-13-26(17-23)12-8-20-14-24-25-15-20/h4-7,14-15,18H,3,8-13,16-17H2,1-2H3,(H,24,25)/t23-/m1/s1. The fourth-order valence-corrected chi connectivity index (χ4v) is 4.76. The van der Waals surface area contributed by atoms with Crippen LogP contribution in [0.4, 0.5) is 0 Å². The lowest BCUT2D eigenvalue weighted by atomic mass is 9.78. The molecular weight excluding hydrogens is 348 g/mol. The Balaban J connectivity index is 1.37. The molecule has 0 bridgehead atoms. The lowest BCUT2D eigenvalue weighted by molar-refractivity contribution is -0.146. The SMILES string of the molecule is CC(C)c1ccc(CN2CCC[C@]3(CCN(CCc4cn[nH]c4)C3)C2=O)cc1. The molecule has 3 heterocycles. The Hall–Kier alpha value is -2.14. The van der Waals surface area contributed by atoms with Crippen molar-refractivity contribution in [2.45, 2.75) is 52.0 Å². The highest BCUT2D eigenvalue weighted by Gasteiger charge is 2.47. The van der Waals surface area contributed by atoms with Gasteiger partial charge in [0, 0.05) is 32.4 Å². The lowest BCUT2D eigenvalue weighted by Crippen LogP contribution is -2.49. The number of amides is 1. The molecule has 150 valence electrons. The van der Waals surface area contributed by atoms with Gasteiger partial charge in [-0.05, 0) is 54.8 Å². The molecule has 0 saturated carbocycles. The van der Waals surface area contributed by atoms with Crippen LogP contribution in [0.15, 0.2) is 36.7 Å². The van der Waals surface area contributed by atoms with Crippen molar-refractivity contribution < 1.29 is 4.79 Å². The molecule has 0 radical (unpaired) electrons. The zero-order chi connectivity index (χ0) is 19.6. The van der Waals surface area contributed by atoms with Crippen molar-refractivity contribution in [3.05, 3.63) is 53.3 Å². The second-order valence-electron chi connectivity index (χ2n) is 8.89. The molecule has 2 aromatic rings. The van der Waals surface area contributed by atoms with E-state index in [2.05, 4.69) is 58.1 Å². The monoisotopic (exact) mass is 380 g/mol. The molecule has 1 atom stereocenters. The number of aromatic nitrogens is 2. The number of H-pyrrole nitrogens is 1. The maximum absolute atomic E-state index is 13.4. The van der Waals surface area contributed by atoms with Crippen LogP contribution in [0.2, 0.25) is 0 Å². The summed E-state index contributed by atoms with van der Waals surface area (Å²) in [4.78, 5) is 18.0. The van der Waals surface area contributed by atoms with Gasteiger partial charge in [-0.1, -0.05) is 38.1 Å². The minimum Gasteiger partial charge on any atom is -0.338 e. The van der Waals surface area contributed by atoms with Gasteiger partial charge in [-0.25, -0.2) is 0 Å². The van der Waals surface area contributed by atoms with Crippen molar-refractivity contribution in [3.8, 4) is 0 Å². The minimum absolute atomic E-state index is 0.160. The van der Waals surface area contributed by atoms with Gasteiger partial charge in [-0.2, -0.15) is 5.10 Å². The summed E-state index contributed by atoms with van der Waals surface area (Å²) in [6.07, 6.45) is 8.00. The van der Waals surface area contributed by atoms with Gasteiger partial charge in [0.05, 0.1) is 11.6 Å². The van der Waals surface area contributed by atoms with Crippen LogP contribution in [0.1, 0.15) is 55.7 Å². The number of nitrogens with zero attached hydrogens (tertiary/aromatic N) is 3. The van der Waals surface area contributed by atoms with Crippen LogP contribution in [-0.2, 0) is 17.8 Å². The maximum atomic E-state index is 13.4. The van der Waals surface area contributed by atoms with Crippen LogP contribution in [0, 0.1) is 5.41 Å². The van der Waals surface area contributed by atoms with Crippen LogP contribution in [0.3, 0.4) is 0 Å². The number of hydrogen-bond donors (Lipinski definition) is 1. The third-order valence-corrected chi connectivity index (χ3v) is 6.55. The normalized spacial score (nSPS) is 23.2. The molecule has 5 heteroatoms. The van der Waals surface area contributed by atoms with Gasteiger partial charge in [-0.15, -0.1) is 0 Å². The summed E-state index contributed by atoms with van der Waals surface area (Å²) in [6, 6.07) is 8.79. The van der Waals surface area contributed by atoms with Crippen LogP contribution >= 0.6 is 0 Å². The molecule has 1 aromatic heterocycles. The lowest BCUT2D eigenvalue weighted by Gasteiger charge is -2.39. The highest BCUT2D eigenvalue weighted by atomic mass is 16.2. The molecule has 0 aliphatic carbocycles. The zero-order valence-corrected chi connectivity index (χ0v) is 17.2. The molecule has 1 aromatic carbocycles. The summed E-state index contributed by atoms with van der Waals surface area (Å²) in [5, 5.41) is 6.90. The van der Waals surface area contributed by atoms with E-state index in [0.29, 0.717) is 11.8 Å². The topological polar surface area (TPSA) is 52.2 Å². The van der Waals surface area contributed by atoms with Gasteiger partial charge in [0.1, 0.15) is 0 Å². The molecule has 5 nitrogen and oxygen atoms in total. The minimum atomic E-state index is -0.160. The average Bonchev–Trinajstić information content (AvgIpc) is 3.35. The summed E-state index contributed by atoms with van der Waals surface area (Å²) < 4.78 is 0. The van der Waals surface area contributed by atoms with Gasteiger partial charge in [0.2, 0.25) is 5.91 Å². The predicted molar refractivity (Wildman–Crippen MR) is 111 cm³/mol. The Labute approximate surface area is 168 Å². The molecule has 2 saturated heterocycles. The molecule has 2 aliphatic rings. The Morgan fingerprint density at radius 3 is 2.68 bits per heavy atom. The van der Waals surface area contributed by atoms with Crippen molar-refractivity contribution in [1.82, 2.24) is 20.0 Å². The number of likely N-dealkylation sites (tertiary alicyclic amines) is 2. The smallest absolute Gasteiger partial charge is 0.230 e. The summed E-state index contributed by atoms with van der Waals surface area (Å²) in [6.45, 7) is 9.00. The number of carbonyl (C=O) groups is 1. The summed E-state index contributed by atoms with van der Waals surface area (Å²) >= 11 is 0. The highest BCUT2D eigenvalue weighted by Crippen LogP contribution is 2.40. The molecule has 2 fully saturated rings. The second kappa shape index (κ2) is 8.08. The summed E-state index contributed by atoms with van der Waals surface area (Å²) in [7, 11) is 0. The largest absolute Gasteiger partial charge is 0.338 e. The number of benzene rings is 1. The van der Waals surface area contributed by atoms with E-state index in [1.807, 2.05) is 12.4 Å². The van der Waals surface area contributed by atoms with E-state index in [1.54, 1.807) is 0 Å². The molecular formula is C23H32N4O. The van der Waals surface area contributed by atoms with Gasteiger partial charge in [-0.3, -0.25) is 9.89 Å². The molecule has 4 rings (SSSR count). The van der Waals surface area contributed by atoms with E-state index in [-0.39, 0.29) is 5.41 Å². The van der Waals surface area contributed by atoms with Gasteiger partial charge in [0.25, 0.3) is 0 Å². The number of hydrogen-bond acceptors (Lipinski definition) is 3. The predicted octanol–water partition coefficient (Wildman–Crippen LogP) is 3.59. The Morgan fingerprint density at radius 1 is 1.14 bits per heavy atom. The quantitative estimate of drug-likeness (QED) is 0.833. The average molecular weight is 381 g/mol. The van der Waals surface area contributed by atoms with E-state index in [0.717, 1.165) is 58.4 Å². The highest BCUT2D eigenvalue weighted by molar-refractivity contribution is 5.84. The first-order valence-electron chi connectivity index (χ1n) is 10.6. The van der Waals surface area contributed by atoms with E-state index in [1.165, 1.54) is 16.7 Å². The molecule has 1 amide bonds. The van der Waals surface area contributed by atoms with Crippen molar-refractivity contribution >= 4 is 5.91 Å². The van der Waals surface area contributed by atoms with E-state index >= 15 is 0 Å². The zero-order valence-electron chi connectivity index (χ0n) is 17.2. The van der Waals surface area contributed by atoms with Crippen LogP contribution in [0.25, 0.3) is 0 Å². The molecule has 1 spiro atoms. The van der Waals surface area contributed by atoms with Crippen LogP contribution in [-0.4, -0.2) is 52.1 Å². The molecule has 1 N–H and O–H groups in total. The Morgan fingerprint density at radius 2 is 1.96 bits per heavy atom. The Kier molecular flexibility index (Phi) is 5.54. The second-order valence-corrected chi connectivity index (χ2v) is 8.89. The number of rotatable bonds is 6. The van der Waals surface area contributed by atoms with Crippen molar-refractivity contribution in [2.24, 2.45) is 5.41 Å². The first-order valence-corrected chi connectivity index (χ1v) is 10.6. The first-order chi connectivity index (χ1) is 13.6. The van der Waals surface area contributed by atoms with E-state index in [9.17, 15) is 4.79 Å². The van der Waals surface area contributed by atoms with Gasteiger partial charge >= 0.3 is 0 Å². The fourth-order valence-electron chi connectivity index (χ4n) is 4.76. The molecule has 2 aliphatic heterocycles. The summed E-state index contributed by atoms with van der Waals surface area (Å²) in [5.74, 6) is 0.915. The molecule has 28 heavy (non-hydrogen) atoms. The third-order valence-electron chi connectivity index (χ3n) is 6.55. The van der Waals surface area contributed by atoms with Crippen molar-refractivity contribution in [1.29, 1.82) is 0 Å². The van der Waals surface area contributed by atoms with Crippen molar-refractivity contribution in [2.75, 3.05) is 26.2 Å². The van der Waals surface area contributed by atoms with E-state index < -0.39 is 0 Å². The maximum Gasteiger partial charge on any atom is 0.230 e. The number of aromatic amines is 1. The number of piperidine rings is 1. The summed E-state index contributed by atoms with van der Waals surface area (Å²) in [5.41, 5.74) is 3.67. The van der Waals surface area contributed by atoms with Crippen molar-refractivity contribution in [3.63, 3.8) is 0 Å². The van der Waals surface area contributed by atoms with Crippen LogP contribution < -0.4 is 0 Å². The third kappa shape index (κ3) is 4.00. The fraction of sp³-hybridized carbons (Fsp3) is 0.565. The van der Waals surface area contributed by atoms with E-state index in [4.69, 9.17) is 0 Å².